The van der Waals surface area contributed by atoms with Crippen molar-refractivity contribution in [1.82, 2.24) is 4.98 Å². The molecule has 0 aliphatic carbocycles. The van der Waals surface area contributed by atoms with E-state index in [1.165, 1.54) is 6.20 Å². The van der Waals surface area contributed by atoms with E-state index < -0.39 is 5.97 Å². The Balaban J connectivity index is 2.15. The zero-order valence-electron chi connectivity index (χ0n) is 8.52. The summed E-state index contributed by atoms with van der Waals surface area (Å²) in [5, 5.41) is 8.59. The van der Waals surface area contributed by atoms with Gasteiger partial charge in [0, 0.05) is 6.61 Å². The molecule has 0 spiro atoms. The number of carbonyl (C=O) groups is 1. The number of rotatable bonds is 3. The van der Waals surface area contributed by atoms with Crippen molar-refractivity contribution < 1.29 is 19.1 Å². The van der Waals surface area contributed by atoms with Crippen LogP contribution >= 0.6 is 0 Å². The number of nitrogens with zero attached hydrogens (tertiary/aromatic N) is 1. The summed E-state index contributed by atoms with van der Waals surface area (Å²) < 4.78 is 10.7. The van der Waals surface area contributed by atoms with Crippen LogP contribution in [-0.2, 0) is 21.4 Å². The monoisotopic (exact) mass is 211 g/mol. The van der Waals surface area contributed by atoms with Crippen molar-refractivity contribution in [2.75, 3.05) is 13.2 Å². The van der Waals surface area contributed by atoms with Crippen LogP contribution in [0.4, 0.5) is 0 Å². The van der Waals surface area contributed by atoms with Gasteiger partial charge in [-0.2, -0.15) is 0 Å². The molecule has 5 nitrogen and oxygen atoms in total. The molecule has 1 atom stereocenters. The second-order valence-electron chi connectivity index (χ2n) is 4.07. The SMILES string of the molecule is CC1(c2ncc(CC(=O)O)o2)CCOC1. The Labute approximate surface area is 87.1 Å². The van der Waals surface area contributed by atoms with E-state index in [2.05, 4.69) is 4.98 Å². The molecule has 1 aliphatic rings. The fourth-order valence-corrected chi connectivity index (χ4v) is 1.65. The Morgan fingerprint density at radius 3 is 3.13 bits per heavy atom. The van der Waals surface area contributed by atoms with Crippen LogP contribution in [0.15, 0.2) is 10.6 Å². The van der Waals surface area contributed by atoms with E-state index in [4.69, 9.17) is 14.3 Å². The number of hydrogen-bond acceptors (Lipinski definition) is 4. The van der Waals surface area contributed by atoms with Crippen molar-refractivity contribution in [3.05, 3.63) is 17.8 Å². The Bertz CT molecular complexity index is 365. The normalized spacial score (nSPS) is 25.7. The van der Waals surface area contributed by atoms with Gasteiger partial charge in [-0.1, -0.05) is 0 Å². The lowest BCUT2D eigenvalue weighted by molar-refractivity contribution is -0.136. The van der Waals surface area contributed by atoms with Gasteiger partial charge in [0.05, 0.1) is 18.2 Å². The third-order valence-corrected chi connectivity index (χ3v) is 2.61. The molecule has 0 amide bonds. The van der Waals surface area contributed by atoms with Crippen molar-refractivity contribution in [3.8, 4) is 0 Å². The number of aromatic nitrogens is 1. The highest BCUT2D eigenvalue weighted by molar-refractivity contribution is 5.69. The molecular formula is C10H13NO4. The summed E-state index contributed by atoms with van der Waals surface area (Å²) in [7, 11) is 0. The molecule has 5 heteroatoms. The highest BCUT2D eigenvalue weighted by atomic mass is 16.5. The Hall–Kier alpha value is -1.36. The fraction of sp³-hybridized carbons (Fsp3) is 0.600. The molecule has 2 heterocycles. The van der Waals surface area contributed by atoms with Crippen LogP contribution in [0.1, 0.15) is 25.0 Å². The van der Waals surface area contributed by atoms with E-state index in [1.54, 1.807) is 0 Å². The molecule has 0 radical (unpaired) electrons. The van der Waals surface area contributed by atoms with Gasteiger partial charge in [-0.25, -0.2) is 4.98 Å². The Morgan fingerprint density at radius 2 is 2.53 bits per heavy atom. The van der Waals surface area contributed by atoms with Gasteiger partial charge in [0.1, 0.15) is 12.2 Å². The van der Waals surface area contributed by atoms with Gasteiger partial charge >= 0.3 is 5.97 Å². The first-order chi connectivity index (χ1) is 7.10. The molecule has 0 saturated carbocycles. The van der Waals surface area contributed by atoms with Crippen molar-refractivity contribution in [2.45, 2.75) is 25.2 Å². The quantitative estimate of drug-likeness (QED) is 0.806. The predicted octanol–water partition coefficient (Wildman–Crippen LogP) is 0.980. The van der Waals surface area contributed by atoms with E-state index in [0.29, 0.717) is 24.9 Å². The number of hydrogen-bond donors (Lipinski definition) is 1. The lowest BCUT2D eigenvalue weighted by Crippen LogP contribution is -2.21. The first-order valence-corrected chi connectivity index (χ1v) is 4.85. The fourth-order valence-electron chi connectivity index (χ4n) is 1.65. The lowest BCUT2D eigenvalue weighted by Gasteiger charge is -2.16. The maximum absolute atomic E-state index is 10.5. The van der Waals surface area contributed by atoms with Gasteiger partial charge in [0.15, 0.2) is 0 Å². The van der Waals surface area contributed by atoms with Gasteiger partial charge in [-0.3, -0.25) is 4.79 Å². The zero-order chi connectivity index (χ0) is 10.9. The van der Waals surface area contributed by atoms with Crippen molar-refractivity contribution in [2.24, 2.45) is 0 Å². The van der Waals surface area contributed by atoms with Gasteiger partial charge in [-0.15, -0.1) is 0 Å². The van der Waals surface area contributed by atoms with Crippen LogP contribution < -0.4 is 0 Å². The van der Waals surface area contributed by atoms with E-state index >= 15 is 0 Å². The molecule has 15 heavy (non-hydrogen) atoms. The largest absolute Gasteiger partial charge is 0.481 e. The van der Waals surface area contributed by atoms with Crippen LogP contribution in [0.2, 0.25) is 0 Å². The average Bonchev–Trinajstić information content (AvgIpc) is 2.74. The molecule has 1 aromatic rings. The number of carboxylic acid groups (broad SMARTS) is 1. The molecular weight excluding hydrogens is 198 g/mol. The minimum absolute atomic E-state index is 0.121. The predicted molar refractivity (Wildman–Crippen MR) is 50.6 cm³/mol. The van der Waals surface area contributed by atoms with Crippen molar-refractivity contribution >= 4 is 5.97 Å². The van der Waals surface area contributed by atoms with Gasteiger partial charge in [-0.05, 0) is 13.3 Å². The zero-order valence-corrected chi connectivity index (χ0v) is 8.52. The Morgan fingerprint density at radius 1 is 1.73 bits per heavy atom. The molecule has 0 bridgehead atoms. The number of oxazole rings is 1. The summed E-state index contributed by atoms with van der Waals surface area (Å²) in [6.07, 6.45) is 2.22. The van der Waals surface area contributed by atoms with Gasteiger partial charge < -0.3 is 14.3 Å². The molecule has 1 saturated heterocycles. The van der Waals surface area contributed by atoms with Gasteiger partial charge in [0.2, 0.25) is 5.89 Å². The summed E-state index contributed by atoms with van der Waals surface area (Å²) in [6.45, 7) is 3.30. The lowest BCUT2D eigenvalue weighted by atomic mass is 9.90. The highest BCUT2D eigenvalue weighted by Crippen LogP contribution is 2.31. The maximum Gasteiger partial charge on any atom is 0.311 e. The van der Waals surface area contributed by atoms with E-state index in [9.17, 15) is 4.79 Å². The third-order valence-electron chi connectivity index (χ3n) is 2.61. The summed E-state index contributed by atoms with van der Waals surface area (Å²) >= 11 is 0. The standard InChI is InChI=1S/C10H13NO4/c1-10(2-3-14-6-10)9-11-5-7(15-9)4-8(12)13/h5H,2-4,6H2,1H3,(H,12,13). The minimum atomic E-state index is -0.912. The topological polar surface area (TPSA) is 72.6 Å². The molecule has 0 aromatic carbocycles. The highest BCUT2D eigenvalue weighted by Gasteiger charge is 2.36. The first kappa shape index (κ1) is 10.2. The summed E-state index contributed by atoms with van der Waals surface area (Å²) in [4.78, 5) is 14.6. The second-order valence-corrected chi connectivity index (χ2v) is 4.07. The van der Waals surface area contributed by atoms with E-state index in [-0.39, 0.29) is 11.8 Å². The molecule has 1 unspecified atom stereocenters. The number of ether oxygens (including phenoxy) is 1. The average molecular weight is 211 g/mol. The van der Waals surface area contributed by atoms with Crippen LogP contribution in [0.25, 0.3) is 0 Å². The van der Waals surface area contributed by atoms with Crippen molar-refractivity contribution in [3.63, 3.8) is 0 Å². The smallest absolute Gasteiger partial charge is 0.311 e. The van der Waals surface area contributed by atoms with E-state index in [1.807, 2.05) is 6.92 Å². The molecule has 1 aromatic heterocycles. The molecule has 1 aliphatic heterocycles. The van der Waals surface area contributed by atoms with Crippen LogP contribution in [0.5, 0.6) is 0 Å². The number of aliphatic carboxylic acids is 1. The van der Waals surface area contributed by atoms with Gasteiger partial charge in [0.25, 0.3) is 0 Å². The first-order valence-electron chi connectivity index (χ1n) is 4.85. The number of carboxylic acids is 1. The minimum Gasteiger partial charge on any atom is -0.481 e. The van der Waals surface area contributed by atoms with E-state index in [0.717, 1.165) is 6.42 Å². The van der Waals surface area contributed by atoms with Crippen LogP contribution in [0.3, 0.4) is 0 Å². The molecule has 82 valence electrons. The van der Waals surface area contributed by atoms with Crippen molar-refractivity contribution in [1.29, 1.82) is 0 Å². The van der Waals surface area contributed by atoms with Crippen LogP contribution in [0, 0.1) is 0 Å². The summed E-state index contributed by atoms with van der Waals surface area (Å²) in [5.41, 5.74) is -0.198. The second kappa shape index (κ2) is 3.66. The summed E-state index contributed by atoms with van der Waals surface area (Å²) in [6, 6.07) is 0. The molecule has 2 rings (SSSR count). The summed E-state index contributed by atoms with van der Waals surface area (Å²) in [5.74, 6) is 0.0624. The third kappa shape index (κ3) is 2.02. The molecule has 1 fully saturated rings. The van der Waals surface area contributed by atoms with Crippen LogP contribution in [-0.4, -0.2) is 29.3 Å². The Kier molecular flexibility index (Phi) is 2.48. The maximum atomic E-state index is 10.5. The molecule has 1 N–H and O–H groups in total.